The van der Waals surface area contributed by atoms with Gasteiger partial charge in [0.05, 0.1) is 17.3 Å². The zero-order valence-electron chi connectivity index (χ0n) is 14.8. The molecule has 3 rings (SSSR count). The zero-order chi connectivity index (χ0) is 18.7. The third kappa shape index (κ3) is 3.67. The number of amides is 2. The molecule has 6 nitrogen and oxygen atoms in total. The van der Waals surface area contributed by atoms with Crippen LogP contribution in [0.3, 0.4) is 0 Å². The Kier molecular flexibility index (Phi) is 5.18. The molecular formula is C19H19N3O3S. The van der Waals surface area contributed by atoms with Gasteiger partial charge >= 0.3 is 0 Å². The number of fused-ring (bicyclic) bond motifs is 1. The molecule has 26 heavy (non-hydrogen) atoms. The number of anilines is 1. The Balaban J connectivity index is 1.81. The number of thiazole rings is 1. The molecule has 0 spiro atoms. The Morgan fingerprint density at radius 3 is 2.69 bits per heavy atom. The van der Waals surface area contributed by atoms with Gasteiger partial charge < -0.3 is 9.64 Å². The highest BCUT2D eigenvalue weighted by Crippen LogP contribution is 2.29. The molecule has 0 radical (unpaired) electrons. The average molecular weight is 369 g/mol. The SMILES string of the molecule is CCN(C)C(=O)c1cccc(C(=O)Nc2nc3ccc(OC)cc3s2)c1. The Hall–Kier alpha value is -2.93. The summed E-state index contributed by atoms with van der Waals surface area (Å²) >= 11 is 1.37. The molecular weight excluding hydrogens is 350 g/mol. The fourth-order valence-electron chi connectivity index (χ4n) is 2.41. The first-order valence-electron chi connectivity index (χ1n) is 8.13. The van der Waals surface area contributed by atoms with Crippen molar-refractivity contribution in [2.75, 3.05) is 26.0 Å². The number of aromatic nitrogens is 1. The van der Waals surface area contributed by atoms with Gasteiger partial charge in [0.15, 0.2) is 5.13 Å². The zero-order valence-corrected chi connectivity index (χ0v) is 15.6. The molecule has 7 heteroatoms. The van der Waals surface area contributed by atoms with E-state index in [-0.39, 0.29) is 11.8 Å². The summed E-state index contributed by atoms with van der Waals surface area (Å²) in [7, 11) is 3.33. The highest BCUT2D eigenvalue weighted by molar-refractivity contribution is 7.22. The van der Waals surface area contributed by atoms with E-state index in [2.05, 4.69) is 10.3 Å². The van der Waals surface area contributed by atoms with Gasteiger partial charge in [0, 0.05) is 24.7 Å². The van der Waals surface area contributed by atoms with Crippen LogP contribution in [0.5, 0.6) is 5.75 Å². The maximum Gasteiger partial charge on any atom is 0.257 e. The molecule has 2 aromatic carbocycles. The van der Waals surface area contributed by atoms with Crippen molar-refractivity contribution in [1.29, 1.82) is 0 Å². The highest BCUT2D eigenvalue weighted by Gasteiger charge is 2.14. The number of carbonyl (C=O) groups excluding carboxylic acids is 2. The Bertz CT molecular complexity index is 968. The predicted molar refractivity (Wildman–Crippen MR) is 103 cm³/mol. The van der Waals surface area contributed by atoms with Gasteiger partial charge in [-0.1, -0.05) is 17.4 Å². The van der Waals surface area contributed by atoms with Crippen LogP contribution in [0.4, 0.5) is 5.13 Å². The molecule has 134 valence electrons. The van der Waals surface area contributed by atoms with E-state index in [1.54, 1.807) is 43.3 Å². The topological polar surface area (TPSA) is 71.5 Å². The summed E-state index contributed by atoms with van der Waals surface area (Å²) < 4.78 is 6.13. The van der Waals surface area contributed by atoms with Gasteiger partial charge in [0.1, 0.15) is 5.75 Å². The number of carbonyl (C=O) groups is 2. The molecule has 0 bridgehead atoms. The number of ether oxygens (including phenoxy) is 1. The van der Waals surface area contributed by atoms with Crippen molar-refractivity contribution in [1.82, 2.24) is 9.88 Å². The second kappa shape index (κ2) is 7.53. The first-order valence-corrected chi connectivity index (χ1v) is 8.95. The lowest BCUT2D eigenvalue weighted by Gasteiger charge is -2.14. The molecule has 0 saturated heterocycles. The summed E-state index contributed by atoms with van der Waals surface area (Å²) in [4.78, 5) is 30.8. The lowest BCUT2D eigenvalue weighted by molar-refractivity contribution is 0.0802. The number of rotatable bonds is 5. The summed E-state index contributed by atoms with van der Waals surface area (Å²) in [6.07, 6.45) is 0. The normalized spacial score (nSPS) is 10.6. The van der Waals surface area contributed by atoms with Gasteiger partial charge in [-0.3, -0.25) is 14.9 Å². The molecule has 0 aliphatic carbocycles. The molecule has 0 saturated carbocycles. The van der Waals surface area contributed by atoms with Crippen LogP contribution in [0.2, 0.25) is 0 Å². The van der Waals surface area contributed by atoms with E-state index in [1.165, 1.54) is 11.3 Å². The van der Waals surface area contributed by atoms with E-state index < -0.39 is 0 Å². The van der Waals surface area contributed by atoms with Gasteiger partial charge in [-0.15, -0.1) is 0 Å². The number of benzene rings is 2. The molecule has 0 atom stereocenters. The van der Waals surface area contributed by atoms with E-state index in [1.807, 2.05) is 25.1 Å². The number of hydrogen-bond donors (Lipinski definition) is 1. The van der Waals surface area contributed by atoms with Gasteiger partial charge in [-0.2, -0.15) is 0 Å². The first kappa shape index (κ1) is 17.9. The largest absolute Gasteiger partial charge is 0.497 e. The summed E-state index contributed by atoms with van der Waals surface area (Å²) in [6.45, 7) is 2.50. The molecule has 1 aromatic heterocycles. The van der Waals surface area contributed by atoms with Gasteiger partial charge in [-0.05, 0) is 43.3 Å². The molecule has 0 aliphatic heterocycles. The van der Waals surface area contributed by atoms with E-state index in [0.29, 0.717) is 22.8 Å². The summed E-state index contributed by atoms with van der Waals surface area (Å²) in [5, 5.41) is 3.30. The third-order valence-corrected chi connectivity index (χ3v) is 4.94. The smallest absolute Gasteiger partial charge is 0.257 e. The van der Waals surface area contributed by atoms with Crippen LogP contribution in [0, 0.1) is 0 Å². The quantitative estimate of drug-likeness (QED) is 0.745. The van der Waals surface area contributed by atoms with Gasteiger partial charge in [0.2, 0.25) is 0 Å². The molecule has 1 heterocycles. The monoisotopic (exact) mass is 369 g/mol. The van der Waals surface area contributed by atoms with Crippen molar-refractivity contribution in [3.63, 3.8) is 0 Å². The van der Waals surface area contributed by atoms with Crippen LogP contribution >= 0.6 is 11.3 Å². The second-order valence-corrected chi connectivity index (χ2v) is 6.74. The minimum Gasteiger partial charge on any atom is -0.497 e. The fraction of sp³-hybridized carbons (Fsp3) is 0.211. The molecule has 0 unspecified atom stereocenters. The van der Waals surface area contributed by atoms with Gasteiger partial charge in [-0.25, -0.2) is 4.98 Å². The highest BCUT2D eigenvalue weighted by atomic mass is 32.1. The Morgan fingerprint density at radius 1 is 1.19 bits per heavy atom. The first-order chi connectivity index (χ1) is 12.5. The van der Waals surface area contributed by atoms with Crippen LogP contribution in [-0.2, 0) is 0 Å². The predicted octanol–water partition coefficient (Wildman–Crippen LogP) is 3.65. The Morgan fingerprint density at radius 2 is 1.96 bits per heavy atom. The van der Waals surface area contributed by atoms with Crippen molar-refractivity contribution in [3.8, 4) is 5.75 Å². The number of methoxy groups -OCH3 is 1. The minimum absolute atomic E-state index is 0.116. The van der Waals surface area contributed by atoms with Crippen molar-refractivity contribution in [2.45, 2.75) is 6.92 Å². The minimum atomic E-state index is -0.301. The molecule has 0 aliphatic rings. The van der Waals surface area contributed by atoms with Crippen LogP contribution in [0.15, 0.2) is 42.5 Å². The van der Waals surface area contributed by atoms with E-state index in [9.17, 15) is 9.59 Å². The Labute approximate surface area is 155 Å². The van der Waals surface area contributed by atoms with Crippen molar-refractivity contribution in [2.24, 2.45) is 0 Å². The molecule has 1 N–H and O–H groups in total. The number of hydrogen-bond acceptors (Lipinski definition) is 5. The van der Waals surface area contributed by atoms with E-state index >= 15 is 0 Å². The number of nitrogens with one attached hydrogen (secondary N) is 1. The maximum absolute atomic E-state index is 12.5. The maximum atomic E-state index is 12.5. The third-order valence-electron chi connectivity index (χ3n) is 4.01. The van der Waals surface area contributed by atoms with Crippen molar-refractivity contribution < 1.29 is 14.3 Å². The second-order valence-electron chi connectivity index (χ2n) is 5.71. The summed E-state index contributed by atoms with van der Waals surface area (Å²) in [5.41, 5.74) is 1.69. The molecule has 0 fully saturated rings. The van der Waals surface area contributed by atoms with Crippen molar-refractivity contribution in [3.05, 3.63) is 53.6 Å². The van der Waals surface area contributed by atoms with E-state index in [0.717, 1.165) is 16.0 Å². The lowest BCUT2D eigenvalue weighted by atomic mass is 10.1. The van der Waals surface area contributed by atoms with Crippen LogP contribution in [0.25, 0.3) is 10.2 Å². The number of nitrogens with zero attached hydrogens (tertiary/aromatic N) is 2. The van der Waals surface area contributed by atoms with Gasteiger partial charge in [0.25, 0.3) is 11.8 Å². The summed E-state index contributed by atoms with van der Waals surface area (Å²) in [5.74, 6) is 0.323. The fourth-order valence-corrected chi connectivity index (χ4v) is 3.30. The van der Waals surface area contributed by atoms with Crippen molar-refractivity contribution >= 4 is 38.5 Å². The lowest BCUT2D eigenvalue weighted by Crippen LogP contribution is -2.26. The van der Waals surface area contributed by atoms with Crippen LogP contribution in [0.1, 0.15) is 27.6 Å². The standard InChI is InChI=1S/C19H19N3O3S/c1-4-22(2)18(24)13-7-5-6-12(10-13)17(23)21-19-20-15-9-8-14(25-3)11-16(15)26-19/h5-11H,4H2,1-3H3,(H,20,21,23). The van der Waals surface area contributed by atoms with E-state index in [4.69, 9.17) is 4.74 Å². The summed E-state index contributed by atoms with van der Waals surface area (Å²) in [6, 6.07) is 12.2. The molecule has 2 amide bonds. The molecule has 3 aromatic rings. The van der Waals surface area contributed by atoms with Crippen LogP contribution in [-0.4, -0.2) is 42.4 Å². The van der Waals surface area contributed by atoms with Crippen LogP contribution < -0.4 is 10.1 Å². The average Bonchev–Trinajstić information content (AvgIpc) is 3.07.